The fourth-order valence-corrected chi connectivity index (χ4v) is 5.72. The molecule has 38 heavy (non-hydrogen) atoms. The number of hydrogen-bond acceptors (Lipinski definition) is 6. The van der Waals surface area contributed by atoms with Crippen LogP contribution in [0.2, 0.25) is 0 Å². The Bertz CT molecular complexity index is 1160. The van der Waals surface area contributed by atoms with E-state index in [0.29, 0.717) is 5.46 Å². The maximum atomic E-state index is 9.05. The Balaban J connectivity index is 0.000000214. The first-order chi connectivity index (χ1) is 18.4. The van der Waals surface area contributed by atoms with Gasteiger partial charge in [0.2, 0.25) is 0 Å². The predicted octanol–water partition coefficient (Wildman–Crippen LogP) is 6.96. The number of aliphatic hydroxyl groups excluding tert-OH is 2. The van der Waals surface area contributed by atoms with Crippen molar-refractivity contribution >= 4 is 51.2 Å². The third-order valence-corrected chi connectivity index (χ3v) is 8.48. The SMILES string of the molecule is CCCCc1ccc(-c2ccc(CO)s2)cc1.CCCCc1ccc(B(O)O)cc1.OCc1ccc(Br)s1. The molecule has 0 saturated carbocycles. The number of halogens is 1. The van der Waals surface area contributed by atoms with E-state index in [4.69, 9.17) is 20.3 Å². The van der Waals surface area contributed by atoms with Gasteiger partial charge < -0.3 is 20.3 Å². The monoisotopic (exact) mass is 616 g/mol. The Hall–Kier alpha value is -1.78. The lowest BCUT2D eigenvalue weighted by molar-refractivity contribution is 0.285. The molecule has 0 fully saturated rings. The second kappa shape index (κ2) is 18.5. The van der Waals surface area contributed by atoms with Crippen molar-refractivity contribution in [3.63, 3.8) is 0 Å². The molecule has 2 aromatic heterocycles. The van der Waals surface area contributed by atoms with Gasteiger partial charge in [-0.1, -0.05) is 75.2 Å². The Labute approximate surface area is 243 Å². The molecule has 2 heterocycles. The summed E-state index contributed by atoms with van der Waals surface area (Å²) in [5.41, 5.74) is 4.47. The summed E-state index contributed by atoms with van der Waals surface area (Å²) in [5.74, 6) is 0. The van der Waals surface area contributed by atoms with E-state index in [1.807, 2.05) is 30.3 Å². The summed E-state index contributed by atoms with van der Waals surface area (Å²) in [6.45, 7) is 4.66. The largest absolute Gasteiger partial charge is 0.488 e. The summed E-state index contributed by atoms with van der Waals surface area (Å²) < 4.78 is 1.07. The maximum Gasteiger partial charge on any atom is 0.488 e. The van der Waals surface area contributed by atoms with Gasteiger partial charge in [-0.15, -0.1) is 22.7 Å². The van der Waals surface area contributed by atoms with Gasteiger partial charge in [0.05, 0.1) is 17.0 Å². The molecule has 0 saturated heterocycles. The number of thiophene rings is 2. The first kappa shape index (κ1) is 32.4. The fourth-order valence-electron chi connectivity index (χ4n) is 3.51. The molecule has 4 nitrogen and oxygen atoms in total. The Morgan fingerprint density at radius 2 is 1.16 bits per heavy atom. The highest BCUT2D eigenvalue weighted by atomic mass is 79.9. The molecular formula is C30H38BBrO4S2. The third kappa shape index (κ3) is 12.0. The molecule has 0 spiro atoms. The van der Waals surface area contributed by atoms with E-state index in [-0.39, 0.29) is 13.2 Å². The second-order valence-electron chi connectivity index (χ2n) is 8.81. The minimum atomic E-state index is -1.35. The third-order valence-electron chi connectivity index (χ3n) is 5.76. The zero-order chi connectivity index (χ0) is 27.8. The number of hydrogen-bond donors (Lipinski definition) is 4. The van der Waals surface area contributed by atoms with E-state index in [1.165, 1.54) is 53.7 Å². The number of benzene rings is 2. The topological polar surface area (TPSA) is 80.9 Å². The van der Waals surface area contributed by atoms with Crippen molar-refractivity contribution in [2.24, 2.45) is 0 Å². The van der Waals surface area contributed by atoms with Gasteiger partial charge in [0.1, 0.15) is 0 Å². The van der Waals surface area contributed by atoms with Crippen LogP contribution in [0.5, 0.6) is 0 Å². The van der Waals surface area contributed by atoms with Crippen molar-refractivity contribution in [3.8, 4) is 10.4 Å². The van der Waals surface area contributed by atoms with Crippen LogP contribution in [0.15, 0.2) is 76.6 Å². The molecule has 0 unspecified atom stereocenters. The van der Waals surface area contributed by atoms with Gasteiger partial charge in [-0.3, -0.25) is 0 Å². The molecular weight excluding hydrogens is 579 g/mol. The lowest BCUT2D eigenvalue weighted by atomic mass is 9.80. The van der Waals surface area contributed by atoms with Crippen LogP contribution in [0.1, 0.15) is 60.4 Å². The van der Waals surface area contributed by atoms with Crippen molar-refractivity contribution in [2.45, 2.75) is 65.6 Å². The maximum absolute atomic E-state index is 9.05. The average molecular weight is 617 g/mol. The Morgan fingerprint density at radius 1 is 0.658 bits per heavy atom. The first-order valence-electron chi connectivity index (χ1n) is 13.0. The standard InChI is InChI=1S/C15H18OS.C10H15BO2.C5H5BrOS/c1-2-3-4-12-5-7-13(8-6-12)15-10-9-14(11-16)17-15;1-2-3-4-9-5-7-10(8-6-9)11(12)13;6-5-2-1-4(3-7)8-5/h5-10,16H,2-4,11H2,1H3;5-8,12-13H,2-4H2,1H3;1-2,7H,3H2. The minimum absolute atomic E-state index is 0.138. The molecule has 8 heteroatoms. The normalized spacial score (nSPS) is 10.3. The molecule has 0 atom stereocenters. The molecule has 4 rings (SSSR count). The molecule has 0 aliphatic carbocycles. The lowest BCUT2D eigenvalue weighted by Crippen LogP contribution is -2.29. The molecule has 4 N–H and O–H groups in total. The Morgan fingerprint density at radius 3 is 1.55 bits per heavy atom. The van der Waals surface area contributed by atoms with E-state index >= 15 is 0 Å². The van der Waals surface area contributed by atoms with Crippen LogP contribution in [0.4, 0.5) is 0 Å². The van der Waals surface area contributed by atoms with E-state index in [9.17, 15) is 0 Å². The van der Waals surface area contributed by atoms with E-state index in [2.05, 4.69) is 60.1 Å². The van der Waals surface area contributed by atoms with Crippen molar-refractivity contribution in [2.75, 3.05) is 0 Å². The number of rotatable bonds is 10. The number of unbranched alkanes of at least 4 members (excludes halogenated alkanes) is 2. The van der Waals surface area contributed by atoms with E-state index in [1.54, 1.807) is 34.8 Å². The lowest BCUT2D eigenvalue weighted by Gasteiger charge is -2.02. The molecule has 0 aliphatic heterocycles. The highest BCUT2D eigenvalue weighted by Crippen LogP contribution is 2.28. The highest BCUT2D eigenvalue weighted by Gasteiger charge is 2.09. The number of aliphatic hydroxyl groups is 2. The van der Waals surface area contributed by atoms with Crippen molar-refractivity contribution in [3.05, 3.63) is 97.5 Å². The van der Waals surface area contributed by atoms with Crippen LogP contribution in [-0.2, 0) is 26.1 Å². The molecule has 0 bridgehead atoms. The molecule has 0 aliphatic rings. The van der Waals surface area contributed by atoms with Gasteiger partial charge in [-0.05, 0) is 88.0 Å². The van der Waals surface area contributed by atoms with Crippen LogP contribution in [-0.4, -0.2) is 27.4 Å². The summed E-state index contributed by atoms with van der Waals surface area (Å²) in [5, 5.41) is 35.3. The van der Waals surface area contributed by atoms with Crippen LogP contribution in [0.25, 0.3) is 10.4 Å². The summed E-state index contributed by atoms with van der Waals surface area (Å²) in [6.07, 6.45) is 7.10. The van der Waals surface area contributed by atoms with Crippen molar-refractivity contribution in [1.29, 1.82) is 0 Å². The summed E-state index contributed by atoms with van der Waals surface area (Å²) in [6, 6.07) is 24.1. The van der Waals surface area contributed by atoms with Gasteiger partial charge in [0, 0.05) is 14.6 Å². The highest BCUT2D eigenvalue weighted by molar-refractivity contribution is 9.11. The molecule has 0 amide bonds. The van der Waals surface area contributed by atoms with E-state index in [0.717, 1.165) is 20.0 Å². The zero-order valence-electron chi connectivity index (χ0n) is 22.1. The average Bonchev–Trinajstić information content (AvgIpc) is 3.61. The van der Waals surface area contributed by atoms with Crippen molar-refractivity contribution in [1.82, 2.24) is 0 Å². The quantitative estimate of drug-likeness (QED) is 0.145. The summed E-state index contributed by atoms with van der Waals surface area (Å²) in [7, 11) is -1.35. The minimum Gasteiger partial charge on any atom is -0.423 e. The van der Waals surface area contributed by atoms with Crippen LogP contribution < -0.4 is 5.46 Å². The summed E-state index contributed by atoms with van der Waals surface area (Å²) >= 11 is 6.49. The molecule has 4 aromatic rings. The summed E-state index contributed by atoms with van der Waals surface area (Å²) in [4.78, 5) is 3.25. The van der Waals surface area contributed by atoms with E-state index < -0.39 is 7.12 Å². The zero-order valence-corrected chi connectivity index (χ0v) is 25.4. The number of aryl methyl sites for hydroxylation is 2. The predicted molar refractivity (Wildman–Crippen MR) is 167 cm³/mol. The van der Waals surface area contributed by atoms with Crippen LogP contribution in [0, 0.1) is 0 Å². The van der Waals surface area contributed by atoms with Gasteiger partial charge in [0.15, 0.2) is 0 Å². The van der Waals surface area contributed by atoms with Gasteiger partial charge in [-0.2, -0.15) is 0 Å². The molecule has 0 radical (unpaired) electrons. The fraction of sp³-hybridized carbons (Fsp3) is 0.333. The molecule has 204 valence electrons. The van der Waals surface area contributed by atoms with Gasteiger partial charge in [0.25, 0.3) is 0 Å². The smallest absolute Gasteiger partial charge is 0.423 e. The Kier molecular flexibility index (Phi) is 15.8. The van der Waals surface area contributed by atoms with Crippen LogP contribution in [0.3, 0.4) is 0 Å². The van der Waals surface area contributed by atoms with Crippen molar-refractivity contribution < 1.29 is 20.3 Å². The van der Waals surface area contributed by atoms with Gasteiger partial charge in [-0.25, -0.2) is 0 Å². The van der Waals surface area contributed by atoms with Gasteiger partial charge >= 0.3 is 7.12 Å². The van der Waals surface area contributed by atoms with Crippen LogP contribution >= 0.6 is 38.6 Å². The second-order valence-corrected chi connectivity index (χ2v) is 12.5. The first-order valence-corrected chi connectivity index (χ1v) is 15.4. The molecule has 2 aromatic carbocycles.